The van der Waals surface area contributed by atoms with Gasteiger partial charge >= 0.3 is 67.3 Å². The van der Waals surface area contributed by atoms with Crippen LogP contribution in [-0.2, 0) is 0 Å². The Kier molecular flexibility index (Phi) is 6.45. The first-order valence-corrected chi connectivity index (χ1v) is 25.0. The van der Waals surface area contributed by atoms with Crippen LogP contribution in [0.1, 0.15) is 27.7 Å². The summed E-state index contributed by atoms with van der Waals surface area (Å²) in [7, 11) is 25.0. The van der Waals surface area contributed by atoms with Gasteiger partial charge in [-0.1, -0.05) is 5.11 Å². The minimum atomic E-state index is -5.42. The van der Waals surface area contributed by atoms with E-state index in [0.717, 1.165) is 5.17 Å². The summed E-state index contributed by atoms with van der Waals surface area (Å²) in [5.74, 6) is 0. The van der Waals surface area contributed by atoms with Gasteiger partial charge in [-0.25, -0.2) is 0 Å². The molecule has 0 aromatic carbocycles. The third-order valence-corrected chi connectivity index (χ3v) is 2.11. The van der Waals surface area contributed by atoms with Crippen molar-refractivity contribution < 1.29 is 4.99 Å². The number of nitrogens with one attached hydrogen (secondary N) is 1. The molecule has 1 aliphatic rings. The number of rotatable bonds is 1. The Morgan fingerprint density at radius 1 is 1.11 bits per heavy atom. The standard InChI is InChI=1S/C7H13N3S.6ClH.Sb/c1-5(2)8-6-9-10-7(3,4)11-6;;;;;;;/h5H,1-4H3;6*1H;/q;;;;;;;+5/p-5. The van der Waals surface area contributed by atoms with Crippen LogP contribution >= 0.6 is 64.7 Å². The van der Waals surface area contributed by atoms with Crippen molar-refractivity contribution >= 4 is 79.0 Å². The number of hydrogen-bond donors (Lipinski definition) is 1. The van der Waals surface area contributed by atoms with Gasteiger partial charge in [0, 0.05) is 11.8 Å². The van der Waals surface area contributed by atoms with Gasteiger partial charge in [0.25, 0.3) is 0 Å². The Balaban J connectivity index is 0.000000360. The van der Waals surface area contributed by atoms with Gasteiger partial charge < -0.3 is 0 Å². The third-order valence-electron chi connectivity index (χ3n) is 1.14. The molecule has 1 heterocycles. The quantitative estimate of drug-likeness (QED) is 0.522. The van der Waals surface area contributed by atoms with Crippen LogP contribution in [0.4, 0.5) is 0 Å². The SMILES string of the molecule is CC(C)[NH+]=C1N=NC(C)(C)S1.[Cl][Sb-]([Cl])([Cl])([Cl])([Cl])[Cl]. The van der Waals surface area contributed by atoms with E-state index in [9.17, 15) is 0 Å². The van der Waals surface area contributed by atoms with E-state index in [-0.39, 0.29) is 4.87 Å². The van der Waals surface area contributed by atoms with Crippen LogP contribution in [0.2, 0.25) is 0 Å². The first-order chi connectivity index (χ1) is 7.44. The molecule has 3 nitrogen and oxygen atoms in total. The van der Waals surface area contributed by atoms with Crippen LogP contribution < -0.4 is 4.99 Å². The summed E-state index contributed by atoms with van der Waals surface area (Å²) in [6.45, 7) is 8.29. The predicted molar refractivity (Wildman–Crippen MR) is 88.5 cm³/mol. The van der Waals surface area contributed by atoms with Crippen molar-refractivity contribution in [3.05, 3.63) is 0 Å². The Morgan fingerprint density at radius 2 is 1.50 bits per heavy atom. The van der Waals surface area contributed by atoms with Gasteiger partial charge in [-0.15, -0.1) is 0 Å². The fourth-order valence-electron chi connectivity index (χ4n) is 0.749. The maximum atomic E-state index is 5.06. The molecule has 0 spiro atoms. The van der Waals surface area contributed by atoms with Gasteiger partial charge in [0.15, 0.2) is 4.87 Å². The van der Waals surface area contributed by atoms with Crippen LogP contribution in [0.25, 0.3) is 0 Å². The Morgan fingerprint density at radius 3 is 1.72 bits per heavy atom. The van der Waals surface area contributed by atoms with Gasteiger partial charge in [0.05, 0.1) is 11.2 Å². The second-order valence-electron chi connectivity index (χ2n) is 4.31. The van der Waals surface area contributed by atoms with E-state index in [0.29, 0.717) is 6.04 Å². The molecule has 0 aromatic rings. The summed E-state index contributed by atoms with van der Waals surface area (Å²) < 4.78 is 0. The first-order valence-electron chi connectivity index (χ1n) is 4.76. The molecule has 0 saturated carbocycles. The zero-order valence-electron chi connectivity index (χ0n) is 10.1. The van der Waals surface area contributed by atoms with Crippen molar-refractivity contribution in [3.8, 4) is 0 Å². The van der Waals surface area contributed by atoms with E-state index in [1.54, 1.807) is 11.8 Å². The molecule has 110 valence electrons. The average Bonchev–Trinajstić information content (AvgIpc) is 2.20. The molecule has 0 radical (unpaired) electrons. The van der Waals surface area contributed by atoms with Gasteiger partial charge in [0.1, 0.15) is 0 Å². The molecule has 18 heavy (non-hydrogen) atoms. The van der Waals surface area contributed by atoms with Gasteiger partial charge in [-0.05, 0) is 27.7 Å². The molecule has 0 fully saturated rings. The molecule has 11 heteroatoms. The van der Waals surface area contributed by atoms with Crippen molar-refractivity contribution in [1.29, 1.82) is 0 Å². The van der Waals surface area contributed by atoms with Crippen molar-refractivity contribution in [1.82, 2.24) is 0 Å². The van der Waals surface area contributed by atoms with Gasteiger partial charge in [-0.3, -0.25) is 4.99 Å². The fourth-order valence-corrected chi connectivity index (χ4v) is 1.68. The van der Waals surface area contributed by atoms with E-state index in [1.807, 2.05) is 0 Å². The summed E-state index contributed by atoms with van der Waals surface area (Å²) in [5.41, 5.74) is 0. The molecule has 1 aliphatic heterocycles. The second-order valence-corrected chi connectivity index (χ2v) is 62.8. The molecule has 0 unspecified atom stereocenters. The van der Waals surface area contributed by atoms with Crippen LogP contribution in [0.3, 0.4) is 0 Å². The molecule has 0 saturated heterocycles. The number of amidine groups is 1. The number of azo groups is 1. The average molecular weight is 507 g/mol. The minimum absolute atomic E-state index is 0.0722. The molecule has 1 rings (SSSR count). The zero-order valence-corrected chi connectivity index (χ0v) is 18.0. The molecular formula is C7H14Cl6N3SSb. The summed E-state index contributed by atoms with van der Waals surface area (Å²) in [6.07, 6.45) is 0. The van der Waals surface area contributed by atoms with Crippen molar-refractivity contribution in [2.24, 2.45) is 10.2 Å². The van der Waals surface area contributed by atoms with Crippen molar-refractivity contribution in [3.63, 3.8) is 0 Å². The molecular weight excluding hydrogens is 493 g/mol. The normalized spacial score (nSPS) is 24.5. The summed E-state index contributed by atoms with van der Waals surface area (Å²) in [6, 6.07) is 0.436. The monoisotopic (exact) mass is 503 g/mol. The molecule has 0 aliphatic carbocycles. The Bertz CT molecular complexity index is 359. The van der Waals surface area contributed by atoms with E-state index in [1.165, 1.54) is 0 Å². The predicted octanol–water partition coefficient (Wildman–Crippen LogP) is 4.52. The summed E-state index contributed by atoms with van der Waals surface area (Å²) >= 11 is 1.67. The van der Waals surface area contributed by atoms with E-state index < -0.39 is 9.14 Å². The first kappa shape index (κ1) is 20.2. The van der Waals surface area contributed by atoms with Crippen molar-refractivity contribution in [2.45, 2.75) is 38.6 Å². The number of halogens is 6. The summed E-state index contributed by atoms with van der Waals surface area (Å²) in [4.78, 5) is 3.14. The van der Waals surface area contributed by atoms with E-state index in [4.69, 9.17) is 53.0 Å². The Hall–Kier alpha value is 2.18. The number of hydrogen-bond acceptors (Lipinski definition) is 2. The Labute approximate surface area is 131 Å². The zero-order chi connectivity index (χ0) is 14.9. The molecule has 0 atom stereocenters. The van der Waals surface area contributed by atoms with Gasteiger partial charge in [-0.2, -0.15) is 0 Å². The van der Waals surface area contributed by atoms with Crippen LogP contribution in [0.5, 0.6) is 0 Å². The molecule has 0 amide bonds. The number of nitrogens with zero attached hydrogens (tertiary/aromatic N) is 2. The van der Waals surface area contributed by atoms with E-state index >= 15 is 0 Å². The fraction of sp³-hybridized carbons (Fsp3) is 0.857. The third kappa shape index (κ3) is 18.2. The molecule has 0 aromatic heterocycles. The topological polar surface area (TPSA) is 38.7 Å². The number of thioether (sulfide) groups is 1. The molecule has 0 bridgehead atoms. The van der Waals surface area contributed by atoms with E-state index in [2.05, 4.69) is 42.9 Å². The van der Waals surface area contributed by atoms with Crippen LogP contribution in [-0.4, -0.2) is 25.2 Å². The van der Waals surface area contributed by atoms with Crippen LogP contribution in [0, 0.1) is 0 Å². The second kappa shape index (κ2) is 5.76. The maximum absolute atomic E-state index is 5.42. The summed E-state index contributed by atoms with van der Waals surface area (Å²) in [5, 5.41) is 9.05. The van der Waals surface area contributed by atoms with Crippen molar-refractivity contribution in [2.75, 3.05) is 0 Å². The van der Waals surface area contributed by atoms with Crippen LogP contribution in [0.15, 0.2) is 10.2 Å². The molecule has 1 N–H and O–H groups in total. The van der Waals surface area contributed by atoms with Gasteiger partial charge in [0.2, 0.25) is 0 Å².